The van der Waals surface area contributed by atoms with Crippen molar-refractivity contribution in [1.82, 2.24) is 0 Å². The van der Waals surface area contributed by atoms with Crippen LogP contribution in [0.1, 0.15) is 0 Å². The van der Waals surface area contributed by atoms with E-state index in [2.05, 4.69) is 6.08 Å². The van der Waals surface area contributed by atoms with E-state index in [9.17, 15) is 14.7 Å². The summed E-state index contributed by atoms with van der Waals surface area (Å²) in [5.74, 6) is -1.67. The molecule has 1 fully saturated rings. The third-order valence-electron chi connectivity index (χ3n) is 5.05. The number of carboxylic acid groups (broad SMARTS) is 1. The van der Waals surface area contributed by atoms with Gasteiger partial charge < -0.3 is 14.7 Å². The molecule has 1 N–H and O–H groups in total. The van der Waals surface area contributed by atoms with E-state index in [0.717, 1.165) is 16.3 Å². The molecule has 2 heterocycles. The Morgan fingerprint density at radius 2 is 2.08 bits per heavy atom. The molecular formula is C18H17NO4S. The maximum absolute atomic E-state index is 13.0. The van der Waals surface area contributed by atoms with Crippen LogP contribution in [0.2, 0.25) is 0 Å². The standard InChI is InChI=1S/C18H17NO4S/c1-23-12-4-2-11(3-5-12)19-9-10-8-14-13(6-7-24-14)16(18(21)22)15(10)17(19)20/h2-8,10,13,15-16H,9H2,1H3,(H,21,22)/t10-,13-,15-,16+/m0/s1. The van der Waals surface area contributed by atoms with E-state index < -0.39 is 17.8 Å². The fourth-order valence-electron chi connectivity index (χ4n) is 3.91. The first-order chi connectivity index (χ1) is 11.6. The molecular weight excluding hydrogens is 326 g/mol. The van der Waals surface area contributed by atoms with Gasteiger partial charge >= 0.3 is 5.97 Å². The summed E-state index contributed by atoms with van der Waals surface area (Å²) in [4.78, 5) is 27.6. The van der Waals surface area contributed by atoms with Crippen molar-refractivity contribution in [3.63, 3.8) is 0 Å². The zero-order valence-corrected chi connectivity index (χ0v) is 13.9. The number of fused-ring (bicyclic) bond motifs is 2. The SMILES string of the molecule is COc1ccc(N2C[C@@H]3C=C4SC=C[C@@H]4[C@@H](C(=O)O)[C@H]3C2=O)cc1. The molecule has 124 valence electrons. The van der Waals surface area contributed by atoms with Crippen LogP contribution in [0.5, 0.6) is 5.75 Å². The molecule has 4 rings (SSSR count). The number of carbonyl (C=O) groups excluding carboxylic acids is 1. The Morgan fingerprint density at radius 3 is 2.75 bits per heavy atom. The highest BCUT2D eigenvalue weighted by atomic mass is 32.2. The minimum Gasteiger partial charge on any atom is -0.497 e. The third kappa shape index (κ3) is 2.24. The Balaban J connectivity index is 1.68. The van der Waals surface area contributed by atoms with E-state index in [1.807, 2.05) is 35.7 Å². The van der Waals surface area contributed by atoms with Crippen LogP contribution in [0, 0.1) is 23.7 Å². The van der Waals surface area contributed by atoms with Crippen LogP contribution in [0.4, 0.5) is 5.69 Å². The van der Waals surface area contributed by atoms with E-state index >= 15 is 0 Å². The number of benzene rings is 1. The first kappa shape index (κ1) is 15.3. The number of aliphatic carboxylic acids is 1. The van der Waals surface area contributed by atoms with Crippen molar-refractivity contribution < 1.29 is 19.4 Å². The number of methoxy groups -OCH3 is 1. The largest absolute Gasteiger partial charge is 0.497 e. The maximum Gasteiger partial charge on any atom is 0.308 e. The van der Waals surface area contributed by atoms with Crippen molar-refractivity contribution in [3.05, 3.63) is 46.7 Å². The highest BCUT2D eigenvalue weighted by molar-refractivity contribution is 8.06. The van der Waals surface area contributed by atoms with Crippen LogP contribution in [-0.4, -0.2) is 30.6 Å². The number of rotatable bonds is 3. The summed E-state index contributed by atoms with van der Waals surface area (Å²) in [6.45, 7) is 0.524. The van der Waals surface area contributed by atoms with Gasteiger partial charge in [-0.25, -0.2) is 0 Å². The Labute approximate surface area is 144 Å². The summed E-state index contributed by atoms with van der Waals surface area (Å²) < 4.78 is 5.15. The van der Waals surface area contributed by atoms with Crippen LogP contribution in [0.15, 0.2) is 46.7 Å². The Kier molecular flexibility index (Phi) is 3.64. The van der Waals surface area contributed by atoms with Crippen LogP contribution in [-0.2, 0) is 9.59 Å². The Morgan fingerprint density at radius 1 is 1.33 bits per heavy atom. The lowest BCUT2D eigenvalue weighted by atomic mass is 9.71. The topological polar surface area (TPSA) is 66.8 Å². The van der Waals surface area contributed by atoms with E-state index in [-0.39, 0.29) is 17.7 Å². The summed E-state index contributed by atoms with van der Waals surface area (Å²) in [6, 6.07) is 7.30. The molecule has 0 unspecified atom stereocenters. The first-order valence-electron chi connectivity index (χ1n) is 7.83. The van der Waals surface area contributed by atoms with Crippen LogP contribution in [0.25, 0.3) is 0 Å². The van der Waals surface area contributed by atoms with Crippen molar-refractivity contribution in [2.24, 2.45) is 23.7 Å². The average molecular weight is 343 g/mol. The van der Waals surface area contributed by atoms with Gasteiger partial charge in [0, 0.05) is 24.1 Å². The maximum atomic E-state index is 13.0. The molecule has 5 nitrogen and oxygen atoms in total. The zero-order valence-electron chi connectivity index (χ0n) is 13.1. The normalized spacial score (nSPS) is 30.8. The van der Waals surface area contributed by atoms with Crippen LogP contribution < -0.4 is 9.64 Å². The molecule has 0 aromatic heterocycles. The van der Waals surface area contributed by atoms with Gasteiger partial charge in [-0.2, -0.15) is 0 Å². The van der Waals surface area contributed by atoms with E-state index in [4.69, 9.17) is 4.74 Å². The summed E-state index contributed by atoms with van der Waals surface area (Å²) in [5.41, 5.74) is 0.783. The fourth-order valence-corrected chi connectivity index (χ4v) is 4.95. The molecule has 1 aromatic carbocycles. The third-order valence-corrected chi connectivity index (χ3v) is 6.02. The van der Waals surface area contributed by atoms with Crippen LogP contribution in [0.3, 0.4) is 0 Å². The predicted molar refractivity (Wildman–Crippen MR) is 91.8 cm³/mol. The molecule has 4 atom stereocenters. The number of allylic oxidation sites excluding steroid dienone is 2. The number of carboxylic acids is 1. The summed E-state index contributed by atoms with van der Waals surface area (Å²) in [5, 5.41) is 11.6. The van der Waals surface area contributed by atoms with Gasteiger partial charge in [0.25, 0.3) is 0 Å². The number of thioether (sulfide) groups is 1. The van der Waals surface area contributed by atoms with Crippen molar-refractivity contribution in [2.75, 3.05) is 18.6 Å². The Bertz CT molecular complexity index is 755. The summed E-state index contributed by atoms with van der Waals surface area (Å²) >= 11 is 1.57. The minimum absolute atomic E-state index is 0.0562. The molecule has 0 saturated carbocycles. The lowest BCUT2D eigenvalue weighted by molar-refractivity contribution is -0.148. The van der Waals surface area contributed by atoms with Gasteiger partial charge in [-0.1, -0.05) is 12.2 Å². The quantitative estimate of drug-likeness (QED) is 0.914. The number of ether oxygens (including phenoxy) is 1. The van der Waals surface area contributed by atoms with E-state index in [1.54, 1.807) is 23.8 Å². The predicted octanol–water partition coefficient (Wildman–Crippen LogP) is 2.75. The van der Waals surface area contributed by atoms with Crippen molar-refractivity contribution >= 4 is 29.3 Å². The first-order valence-corrected chi connectivity index (χ1v) is 8.71. The molecule has 0 bridgehead atoms. The van der Waals surface area contributed by atoms with Gasteiger partial charge in [0.15, 0.2) is 0 Å². The monoisotopic (exact) mass is 343 g/mol. The molecule has 0 radical (unpaired) electrons. The van der Waals surface area contributed by atoms with Gasteiger partial charge in [-0.15, -0.1) is 11.8 Å². The number of carbonyl (C=O) groups is 2. The van der Waals surface area contributed by atoms with E-state index in [0.29, 0.717) is 6.54 Å². The second-order valence-corrected chi connectivity index (χ2v) is 7.22. The van der Waals surface area contributed by atoms with Gasteiger partial charge in [0.2, 0.25) is 5.91 Å². The van der Waals surface area contributed by atoms with Gasteiger partial charge in [-0.05, 0) is 34.6 Å². The average Bonchev–Trinajstić information content (AvgIpc) is 3.17. The highest BCUT2D eigenvalue weighted by Crippen LogP contribution is 2.50. The molecule has 1 aromatic rings. The van der Waals surface area contributed by atoms with E-state index in [1.165, 1.54) is 0 Å². The smallest absolute Gasteiger partial charge is 0.308 e. The highest BCUT2D eigenvalue weighted by Gasteiger charge is 2.53. The number of anilines is 1. The number of nitrogens with zero attached hydrogens (tertiary/aromatic N) is 1. The van der Waals surface area contributed by atoms with Crippen molar-refractivity contribution in [1.29, 1.82) is 0 Å². The summed E-state index contributed by atoms with van der Waals surface area (Å²) in [6.07, 6.45) is 4.01. The lowest BCUT2D eigenvalue weighted by Crippen LogP contribution is -2.39. The molecule has 1 saturated heterocycles. The van der Waals surface area contributed by atoms with Gasteiger partial charge in [-0.3, -0.25) is 9.59 Å². The molecule has 0 spiro atoms. The molecule has 1 aliphatic carbocycles. The van der Waals surface area contributed by atoms with Gasteiger partial charge in [0.1, 0.15) is 5.75 Å². The second-order valence-electron chi connectivity index (χ2n) is 6.24. The number of hydrogen-bond donors (Lipinski definition) is 1. The lowest BCUT2D eigenvalue weighted by Gasteiger charge is -2.31. The molecule has 2 aliphatic heterocycles. The number of amides is 1. The van der Waals surface area contributed by atoms with Crippen LogP contribution >= 0.6 is 11.8 Å². The van der Waals surface area contributed by atoms with Crippen molar-refractivity contribution in [2.45, 2.75) is 0 Å². The molecule has 3 aliphatic rings. The van der Waals surface area contributed by atoms with Crippen molar-refractivity contribution in [3.8, 4) is 5.75 Å². The second kappa shape index (κ2) is 5.70. The minimum atomic E-state index is -0.891. The zero-order chi connectivity index (χ0) is 16.8. The number of hydrogen-bond acceptors (Lipinski definition) is 4. The fraction of sp³-hybridized carbons (Fsp3) is 0.333. The molecule has 1 amide bonds. The molecule has 6 heteroatoms. The van der Waals surface area contributed by atoms with Gasteiger partial charge in [0.05, 0.1) is 18.9 Å². The summed E-state index contributed by atoms with van der Waals surface area (Å²) in [7, 11) is 1.60. The molecule has 24 heavy (non-hydrogen) atoms. The Hall–Kier alpha value is -2.21.